The standard InChI is InChI=1S/C22H27N3O6/c1-4-31-19(28)13-23-25(16-9-6-5-7-10-16)22(30)20(15(3)26)24-21(29)17-11-8-12-18(27)14(17)2/h5-12,15,20,23,26-27H,4,13H2,1-3H3,(H,24,29)/t15-,20+/m1/s1. The lowest BCUT2D eigenvalue weighted by Crippen LogP contribution is -2.58. The Labute approximate surface area is 180 Å². The van der Waals surface area contributed by atoms with Crippen LogP contribution in [-0.4, -0.2) is 53.3 Å². The van der Waals surface area contributed by atoms with Crippen molar-refractivity contribution in [3.05, 3.63) is 59.7 Å². The third-order valence-electron chi connectivity index (χ3n) is 4.51. The van der Waals surface area contributed by atoms with Crippen LogP contribution in [0.25, 0.3) is 0 Å². The number of aliphatic hydroxyl groups is 1. The van der Waals surface area contributed by atoms with Crippen molar-refractivity contribution in [2.24, 2.45) is 0 Å². The topological polar surface area (TPSA) is 128 Å². The predicted octanol–water partition coefficient (Wildman–Crippen LogP) is 1.28. The fraction of sp³-hybridized carbons (Fsp3) is 0.318. The van der Waals surface area contributed by atoms with Gasteiger partial charge in [-0.15, -0.1) is 0 Å². The minimum atomic E-state index is -1.33. The van der Waals surface area contributed by atoms with Gasteiger partial charge in [0.1, 0.15) is 18.3 Å². The van der Waals surface area contributed by atoms with Gasteiger partial charge >= 0.3 is 5.97 Å². The lowest BCUT2D eigenvalue weighted by molar-refractivity contribution is -0.142. The van der Waals surface area contributed by atoms with Crippen molar-refractivity contribution in [3.63, 3.8) is 0 Å². The molecule has 4 N–H and O–H groups in total. The maximum absolute atomic E-state index is 13.3. The van der Waals surface area contributed by atoms with E-state index in [0.717, 1.165) is 5.01 Å². The first-order valence-corrected chi connectivity index (χ1v) is 9.81. The van der Waals surface area contributed by atoms with Gasteiger partial charge in [-0.2, -0.15) is 0 Å². The number of ether oxygens (including phenoxy) is 1. The number of phenols is 1. The number of amides is 2. The molecule has 0 heterocycles. The van der Waals surface area contributed by atoms with Crippen LogP contribution < -0.4 is 15.8 Å². The Balaban J connectivity index is 2.28. The van der Waals surface area contributed by atoms with E-state index in [1.807, 2.05) is 0 Å². The fourth-order valence-electron chi connectivity index (χ4n) is 2.85. The Bertz CT molecular complexity index is 917. The summed E-state index contributed by atoms with van der Waals surface area (Å²) in [4.78, 5) is 37.8. The second-order valence-corrected chi connectivity index (χ2v) is 6.79. The number of aromatic hydroxyl groups is 1. The van der Waals surface area contributed by atoms with Gasteiger partial charge in [-0.1, -0.05) is 24.3 Å². The van der Waals surface area contributed by atoms with Crippen LogP contribution >= 0.6 is 0 Å². The molecule has 0 aliphatic carbocycles. The number of anilines is 1. The van der Waals surface area contributed by atoms with Gasteiger partial charge in [-0.05, 0) is 45.0 Å². The molecule has 0 bridgehead atoms. The number of hydrazine groups is 1. The zero-order valence-corrected chi connectivity index (χ0v) is 17.7. The third-order valence-corrected chi connectivity index (χ3v) is 4.51. The summed E-state index contributed by atoms with van der Waals surface area (Å²) in [5.74, 6) is -1.94. The van der Waals surface area contributed by atoms with E-state index in [1.54, 1.807) is 44.2 Å². The molecule has 0 unspecified atom stereocenters. The Morgan fingerprint density at radius 1 is 1.10 bits per heavy atom. The first-order chi connectivity index (χ1) is 14.8. The minimum Gasteiger partial charge on any atom is -0.508 e. The van der Waals surface area contributed by atoms with Gasteiger partial charge in [0.05, 0.1) is 18.4 Å². The summed E-state index contributed by atoms with van der Waals surface area (Å²) in [5, 5.41) is 23.7. The van der Waals surface area contributed by atoms with Crippen molar-refractivity contribution in [2.45, 2.75) is 32.9 Å². The maximum Gasteiger partial charge on any atom is 0.321 e. The van der Waals surface area contributed by atoms with Crippen LogP contribution in [0.5, 0.6) is 5.75 Å². The second kappa shape index (κ2) is 11.1. The molecule has 2 aromatic carbocycles. The largest absolute Gasteiger partial charge is 0.508 e. The van der Waals surface area contributed by atoms with E-state index in [-0.39, 0.29) is 24.5 Å². The Hall–Kier alpha value is -3.43. The van der Waals surface area contributed by atoms with Gasteiger partial charge in [0.25, 0.3) is 11.8 Å². The smallest absolute Gasteiger partial charge is 0.321 e. The molecule has 166 valence electrons. The number of carbonyl (C=O) groups excluding carboxylic acids is 3. The van der Waals surface area contributed by atoms with Gasteiger partial charge in [-0.25, -0.2) is 10.4 Å². The lowest BCUT2D eigenvalue weighted by atomic mass is 10.1. The molecular weight excluding hydrogens is 402 g/mol. The van der Waals surface area contributed by atoms with Crippen LogP contribution in [0.4, 0.5) is 5.69 Å². The quantitative estimate of drug-likeness (QED) is 0.349. The molecule has 9 heteroatoms. The number of hydrogen-bond donors (Lipinski definition) is 4. The van der Waals surface area contributed by atoms with Crippen molar-refractivity contribution in [3.8, 4) is 5.75 Å². The molecular formula is C22H27N3O6. The number of phenolic OH excluding ortho intramolecular Hbond substituents is 1. The van der Waals surface area contributed by atoms with Crippen LogP contribution in [0.15, 0.2) is 48.5 Å². The second-order valence-electron chi connectivity index (χ2n) is 6.79. The van der Waals surface area contributed by atoms with E-state index < -0.39 is 29.9 Å². The van der Waals surface area contributed by atoms with Crippen molar-refractivity contribution in [1.82, 2.24) is 10.7 Å². The number of para-hydroxylation sites is 1. The number of esters is 1. The van der Waals surface area contributed by atoms with E-state index in [1.165, 1.54) is 25.1 Å². The molecule has 0 radical (unpaired) electrons. The fourth-order valence-corrected chi connectivity index (χ4v) is 2.85. The number of nitrogens with zero attached hydrogens (tertiary/aromatic N) is 1. The molecule has 9 nitrogen and oxygen atoms in total. The summed E-state index contributed by atoms with van der Waals surface area (Å²) in [7, 11) is 0. The number of rotatable bonds is 9. The number of benzene rings is 2. The SMILES string of the molecule is CCOC(=O)CNN(C(=O)[C@@H](NC(=O)c1cccc(O)c1C)[C@@H](C)O)c1ccccc1. The molecule has 0 aromatic heterocycles. The Kier molecular flexibility index (Phi) is 8.53. The van der Waals surface area contributed by atoms with Crippen LogP contribution in [0, 0.1) is 6.92 Å². The molecule has 0 aliphatic heterocycles. The predicted molar refractivity (Wildman–Crippen MR) is 114 cm³/mol. The zero-order chi connectivity index (χ0) is 23.0. The molecule has 2 atom stereocenters. The monoisotopic (exact) mass is 429 g/mol. The summed E-state index contributed by atoms with van der Waals surface area (Å²) in [6.07, 6.45) is -1.25. The number of aliphatic hydroxyl groups excluding tert-OH is 1. The van der Waals surface area contributed by atoms with Gasteiger partial charge in [0, 0.05) is 11.1 Å². The number of nitrogens with one attached hydrogen (secondary N) is 2. The molecule has 0 saturated carbocycles. The summed E-state index contributed by atoms with van der Waals surface area (Å²) >= 11 is 0. The highest BCUT2D eigenvalue weighted by atomic mass is 16.5. The third kappa shape index (κ3) is 6.27. The summed E-state index contributed by atoms with van der Waals surface area (Å²) < 4.78 is 4.88. The van der Waals surface area contributed by atoms with Crippen LogP contribution in [0.2, 0.25) is 0 Å². The van der Waals surface area contributed by atoms with Gasteiger partial charge < -0.3 is 20.3 Å². The molecule has 2 rings (SSSR count). The average molecular weight is 429 g/mol. The van der Waals surface area contributed by atoms with Crippen molar-refractivity contribution >= 4 is 23.5 Å². The first kappa shape index (κ1) is 23.8. The highest BCUT2D eigenvalue weighted by Gasteiger charge is 2.32. The molecule has 0 spiro atoms. The van der Waals surface area contributed by atoms with Gasteiger partial charge in [0.15, 0.2) is 0 Å². The van der Waals surface area contributed by atoms with Crippen LogP contribution in [-0.2, 0) is 14.3 Å². The zero-order valence-electron chi connectivity index (χ0n) is 17.7. The highest BCUT2D eigenvalue weighted by Crippen LogP contribution is 2.20. The van der Waals surface area contributed by atoms with Crippen LogP contribution in [0.3, 0.4) is 0 Å². The van der Waals surface area contributed by atoms with Crippen molar-refractivity contribution < 1.29 is 29.3 Å². The first-order valence-electron chi connectivity index (χ1n) is 9.81. The molecule has 31 heavy (non-hydrogen) atoms. The molecule has 2 aromatic rings. The summed E-state index contributed by atoms with van der Waals surface area (Å²) in [6.45, 7) is 4.50. The molecule has 0 aliphatic rings. The Morgan fingerprint density at radius 3 is 2.39 bits per heavy atom. The normalized spacial score (nSPS) is 12.5. The van der Waals surface area contributed by atoms with E-state index >= 15 is 0 Å². The van der Waals surface area contributed by atoms with E-state index in [2.05, 4.69) is 10.7 Å². The molecule has 0 fully saturated rings. The molecule has 0 saturated heterocycles. The van der Waals surface area contributed by atoms with Crippen LogP contribution in [0.1, 0.15) is 29.8 Å². The average Bonchev–Trinajstić information content (AvgIpc) is 2.74. The summed E-state index contributed by atoms with van der Waals surface area (Å²) in [5.41, 5.74) is 3.62. The maximum atomic E-state index is 13.3. The lowest BCUT2D eigenvalue weighted by Gasteiger charge is -2.29. The number of hydrogen-bond acceptors (Lipinski definition) is 7. The number of carbonyl (C=O) groups is 3. The Morgan fingerprint density at radius 2 is 1.77 bits per heavy atom. The highest BCUT2D eigenvalue weighted by molar-refractivity contribution is 6.03. The van der Waals surface area contributed by atoms with E-state index in [4.69, 9.17) is 4.74 Å². The van der Waals surface area contributed by atoms with Crippen molar-refractivity contribution in [2.75, 3.05) is 18.2 Å². The minimum absolute atomic E-state index is 0.0606. The molecule has 2 amide bonds. The van der Waals surface area contributed by atoms with Gasteiger partial charge in [-0.3, -0.25) is 14.4 Å². The van der Waals surface area contributed by atoms with Crippen molar-refractivity contribution in [1.29, 1.82) is 0 Å². The van der Waals surface area contributed by atoms with E-state index in [9.17, 15) is 24.6 Å². The van der Waals surface area contributed by atoms with E-state index in [0.29, 0.717) is 11.3 Å². The summed E-state index contributed by atoms with van der Waals surface area (Å²) in [6, 6.07) is 11.6. The van der Waals surface area contributed by atoms with Gasteiger partial charge in [0.2, 0.25) is 0 Å².